The minimum Gasteiger partial charge on any atom is -0.512 e. The van der Waals surface area contributed by atoms with Gasteiger partial charge in [-0.1, -0.05) is 41.5 Å². The van der Waals surface area contributed by atoms with Crippen LogP contribution in [0.3, 0.4) is 0 Å². The molecule has 0 radical (unpaired) electrons. The topological polar surface area (TPSA) is 37.3 Å². The van der Waals surface area contributed by atoms with E-state index >= 15 is 0 Å². The third-order valence-electron chi connectivity index (χ3n) is 3.40. The summed E-state index contributed by atoms with van der Waals surface area (Å²) in [5, 5.41) is 9.85. The van der Waals surface area contributed by atoms with Gasteiger partial charge in [0.2, 0.25) is 0 Å². The van der Waals surface area contributed by atoms with Crippen LogP contribution in [0.2, 0.25) is 0 Å². The second-order valence-corrected chi connectivity index (χ2v) is 5.37. The van der Waals surface area contributed by atoms with Gasteiger partial charge in [-0.25, -0.2) is 0 Å². The van der Waals surface area contributed by atoms with Gasteiger partial charge in [-0.3, -0.25) is 4.79 Å². The molecule has 88 valence electrons. The van der Waals surface area contributed by atoms with E-state index < -0.39 is 0 Å². The number of aliphatic hydroxyl groups excluding tert-OH is 1. The summed E-state index contributed by atoms with van der Waals surface area (Å²) < 4.78 is 0. The first-order chi connectivity index (χ1) is 6.67. The van der Waals surface area contributed by atoms with Gasteiger partial charge in [0.1, 0.15) is 5.76 Å². The average Bonchev–Trinajstić information content (AvgIpc) is 2.17. The maximum absolute atomic E-state index is 11.8. The normalized spacial score (nSPS) is 14.1. The minimum atomic E-state index is -0.377. The van der Waals surface area contributed by atoms with Crippen molar-refractivity contribution in [3.05, 3.63) is 11.8 Å². The van der Waals surface area contributed by atoms with Gasteiger partial charge in [-0.2, -0.15) is 0 Å². The van der Waals surface area contributed by atoms with E-state index in [0.717, 1.165) is 12.8 Å². The largest absolute Gasteiger partial charge is 0.512 e. The molecular weight excluding hydrogens is 188 g/mol. The summed E-state index contributed by atoms with van der Waals surface area (Å²) in [7, 11) is 0. The Balaban J connectivity index is 4.86. The number of carbonyl (C=O) groups excluding carboxylic acids is 1. The van der Waals surface area contributed by atoms with Gasteiger partial charge in [0, 0.05) is 16.9 Å². The number of ketones is 1. The van der Waals surface area contributed by atoms with Crippen molar-refractivity contribution in [3.8, 4) is 0 Å². The van der Waals surface area contributed by atoms with Crippen LogP contribution in [-0.2, 0) is 4.79 Å². The zero-order valence-electron chi connectivity index (χ0n) is 10.8. The van der Waals surface area contributed by atoms with Crippen LogP contribution in [0.4, 0.5) is 0 Å². The van der Waals surface area contributed by atoms with Crippen molar-refractivity contribution in [2.75, 3.05) is 0 Å². The van der Waals surface area contributed by atoms with Gasteiger partial charge in [-0.15, -0.1) is 0 Å². The van der Waals surface area contributed by atoms with Crippen LogP contribution in [0.1, 0.15) is 54.4 Å². The second-order valence-electron chi connectivity index (χ2n) is 5.37. The Kier molecular flexibility index (Phi) is 4.57. The van der Waals surface area contributed by atoms with E-state index in [2.05, 4.69) is 0 Å². The van der Waals surface area contributed by atoms with Crippen molar-refractivity contribution >= 4 is 5.78 Å². The third-order valence-corrected chi connectivity index (χ3v) is 3.40. The van der Waals surface area contributed by atoms with E-state index in [1.54, 1.807) is 0 Å². The van der Waals surface area contributed by atoms with Gasteiger partial charge >= 0.3 is 0 Å². The van der Waals surface area contributed by atoms with Crippen LogP contribution in [0.25, 0.3) is 0 Å². The highest BCUT2D eigenvalue weighted by Gasteiger charge is 2.27. The molecule has 0 aliphatic carbocycles. The lowest BCUT2D eigenvalue weighted by atomic mass is 9.82. The SMILES string of the molecule is CCC(C)(C)C(=O)C=C(O)C(C)(C)CC. The van der Waals surface area contributed by atoms with Crippen LogP contribution >= 0.6 is 0 Å². The van der Waals surface area contributed by atoms with Crippen molar-refractivity contribution in [2.45, 2.75) is 54.4 Å². The Labute approximate surface area is 93.4 Å². The number of rotatable bonds is 5. The summed E-state index contributed by atoms with van der Waals surface area (Å²) in [6, 6.07) is 0. The maximum Gasteiger partial charge on any atom is 0.164 e. The number of hydrogen-bond donors (Lipinski definition) is 1. The van der Waals surface area contributed by atoms with Crippen LogP contribution < -0.4 is 0 Å². The van der Waals surface area contributed by atoms with E-state index in [0.29, 0.717) is 0 Å². The van der Waals surface area contributed by atoms with Crippen LogP contribution in [0, 0.1) is 10.8 Å². The van der Waals surface area contributed by atoms with Crippen LogP contribution in [-0.4, -0.2) is 10.9 Å². The lowest BCUT2D eigenvalue weighted by molar-refractivity contribution is -0.122. The zero-order valence-corrected chi connectivity index (χ0v) is 10.8. The lowest BCUT2D eigenvalue weighted by Gasteiger charge is -2.24. The molecule has 0 fully saturated rings. The molecule has 0 amide bonds. The summed E-state index contributed by atoms with van der Waals surface area (Å²) in [6.07, 6.45) is 2.99. The van der Waals surface area contributed by atoms with E-state index in [1.165, 1.54) is 6.08 Å². The van der Waals surface area contributed by atoms with Gasteiger partial charge in [0.15, 0.2) is 5.78 Å². The van der Waals surface area contributed by atoms with Gasteiger partial charge in [0.25, 0.3) is 0 Å². The summed E-state index contributed by atoms with van der Waals surface area (Å²) in [5.74, 6) is 0.195. The molecule has 2 heteroatoms. The van der Waals surface area contributed by atoms with E-state index in [-0.39, 0.29) is 22.4 Å². The predicted molar refractivity (Wildman–Crippen MR) is 63.9 cm³/mol. The smallest absolute Gasteiger partial charge is 0.164 e. The maximum atomic E-state index is 11.8. The molecule has 15 heavy (non-hydrogen) atoms. The van der Waals surface area contributed by atoms with Crippen LogP contribution in [0.15, 0.2) is 11.8 Å². The third kappa shape index (κ3) is 3.69. The molecule has 0 atom stereocenters. The molecule has 0 aliphatic heterocycles. The molecule has 2 nitrogen and oxygen atoms in total. The Morgan fingerprint density at radius 1 is 1.07 bits per heavy atom. The van der Waals surface area contributed by atoms with Crippen molar-refractivity contribution in [1.29, 1.82) is 0 Å². The Hall–Kier alpha value is -0.790. The molecule has 0 aromatic carbocycles. The average molecular weight is 212 g/mol. The molecular formula is C13H24O2. The summed E-state index contributed by atoms with van der Waals surface area (Å²) in [5.41, 5.74) is -0.683. The first kappa shape index (κ1) is 14.2. The molecule has 0 saturated heterocycles. The molecule has 0 spiro atoms. The summed E-state index contributed by atoms with van der Waals surface area (Å²) >= 11 is 0. The predicted octanol–water partition coefficient (Wildman–Crippen LogP) is 3.87. The fourth-order valence-corrected chi connectivity index (χ4v) is 0.870. The fourth-order valence-electron chi connectivity index (χ4n) is 0.870. The molecule has 0 aromatic heterocycles. The first-order valence-electron chi connectivity index (χ1n) is 5.63. The highest BCUT2D eigenvalue weighted by molar-refractivity contribution is 5.94. The standard InChI is InChI=1S/C13H24O2/c1-7-12(3,4)10(14)9-11(15)13(5,6)8-2/h9,14H,7-8H2,1-6H3. The van der Waals surface area contributed by atoms with Crippen molar-refractivity contribution in [3.63, 3.8) is 0 Å². The molecule has 0 heterocycles. The summed E-state index contributed by atoms with van der Waals surface area (Å²) in [6.45, 7) is 11.7. The first-order valence-corrected chi connectivity index (χ1v) is 5.63. The van der Waals surface area contributed by atoms with E-state index in [9.17, 15) is 9.90 Å². The molecule has 0 unspecified atom stereocenters. The second kappa shape index (κ2) is 4.82. The molecule has 1 N–H and O–H groups in total. The van der Waals surface area contributed by atoms with Gasteiger partial charge < -0.3 is 5.11 Å². The highest BCUT2D eigenvalue weighted by atomic mass is 16.3. The minimum absolute atomic E-state index is 0.00373. The summed E-state index contributed by atoms with van der Waals surface area (Å²) in [4.78, 5) is 11.8. The molecule has 0 rings (SSSR count). The van der Waals surface area contributed by atoms with Crippen molar-refractivity contribution in [2.24, 2.45) is 10.8 Å². The van der Waals surface area contributed by atoms with Gasteiger partial charge in [0.05, 0.1) is 0 Å². The quantitative estimate of drug-likeness (QED) is 0.555. The number of hydrogen-bond acceptors (Lipinski definition) is 2. The fraction of sp³-hybridized carbons (Fsp3) is 0.769. The number of carbonyl (C=O) groups is 1. The molecule has 0 bridgehead atoms. The number of allylic oxidation sites excluding steroid dienone is 2. The lowest BCUT2D eigenvalue weighted by Crippen LogP contribution is -2.23. The molecule has 0 saturated carbocycles. The monoisotopic (exact) mass is 212 g/mol. The van der Waals surface area contributed by atoms with Crippen LogP contribution in [0.5, 0.6) is 0 Å². The Bertz CT molecular complexity index is 260. The van der Waals surface area contributed by atoms with E-state index in [1.807, 2.05) is 41.5 Å². The van der Waals surface area contributed by atoms with Crippen molar-refractivity contribution in [1.82, 2.24) is 0 Å². The van der Waals surface area contributed by atoms with Crippen molar-refractivity contribution < 1.29 is 9.90 Å². The Morgan fingerprint density at radius 3 is 1.80 bits per heavy atom. The zero-order chi connectivity index (χ0) is 12.3. The number of aliphatic hydroxyl groups is 1. The Morgan fingerprint density at radius 2 is 1.47 bits per heavy atom. The molecule has 0 aliphatic rings. The van der Waals surface area contributed by atoms with E-state index in [4.69, 9.17) is 0 Å². The highest BCUT2D eigenvalue weighted by Crippen LogP contribution is 2.30. The molecule has 0 aromatic rings. The van der Waals surface area contributed by atoms with Gasteiger partial charge in [-0.05, 0) is 12.8 Å².